The standard InChI is InChI=1S/C15H24N2/c1-15(10-6-3-7-11-15)17-12-14(16)13-8-4-2-5-9-13/h2,4-5,8-9,14,17H,3,6-7,10-12,16H2,1H3/t14-/m0/s1. The summed E-state index contributed by atoms with van der Waals surface area (Å²) in [6.07, 6.45) is 6.67. The average molecular weight is 232 g/mol. The molecule has 0 saturated heterocycles. The Morgan fingerprint density at radius 1 is 1.18 bits per heavy atom. The van der Waals surface area contributed by atoms with E-state index < -0.39 is 0 Å². The first-order chi connectivity index (χ1) is 8.20. The van der Waals surface area contributed by atoms with Gasteiger partial charge in [0.2, 0.25) is 0 Å². The molecule has 1 atom stereocenters. The third kappa shape index (κ3) is 3.55. The van der Waals surface area contributed by atoms with Crippen LogP contribution in [-0.2, 0) is 0 Å². The molecule has 0 aromatic heterocycles. The van der Waals surface area contributed by atoms with Gasteiger partial charge < -0.3 is 11.1 Å². The van der Waals surface area contributed by atoms with Crippen LogP contribution < -0.4 is 11.1 Å². The van der Waals surface area contributed by atoms with Crippen molar-refractivity contribution in [3.8, 4) is 0 Å². The van der Waals surface area contributed by atoms with Gasteiger partial charge in [-0.15, -0.1) is 0 Å². The van der Waals surface area contributed by atoms with Crippen LogP contribution in [0.2, 0.25) is 0 Å². The number of benzene rings is 1. The van der Waals surface area contributed by atoms with E-state index in [0.29, 0.717) is 5.54 Å². The third-order valence-electron chi connectivity index (χ3n) is 3.93. The van der Waals surface area contributed by atoms with Crippen molar-refractivity contribution in [2.45, 2.75) is 50.6 Å². The Kier molecular flexibility index (Phi) is 4.19. The second-order valence-electron chi connectivity index (χ2n) is 5.52. The van der Waals surface area contributed by atoms with E-state index in [-0.39, 0.29) is 6.04 Å². The molecule has 0 radical (unpaired) electrons. The van der Waals surface area contributed by atoms with Crippen molar-refractivity contribution in [3.63, 3.8) is 0 Å². The van der Waals surface area contributed by atoms with Crippen molar-refractivity contribution in [3.05, 3.63) is 35.9 Å². The summed E-state index contributed by atoms with van der Waals surface area (Å²) < 4.78 is 0. The van der Waals surface area contributed by atoms with Gasteiger partial charge in [-0.2, -0.15) is 0 Å². The fourth-order valence-electron chi connectivity index (χ4n) is 2.68. The monoisotopic (exact) mass is 232 g/mol. The van der Waals surface area contributed by atoms with Crippen LogP contribution in [-0.4, -0.2) is 12.1 Å². The van der Waals surface area contributed by atoms with E-state index in [1.165, 1.54) is 37.7 Å². The molecule has 0 amide bonds. The van der Waals surface area contributed by atoms with Crippen molar-refractivity contribution in [1.82, 2.24) is 5.32 Å². The molecule has 0 aliphatic heterocycles. The number of nitrogens with two attached hydrogens (primary N) is 1. The van der Waals surface area contributed by atoms with Gasteiger partial charge in [-0.25, -0.2) is 0 Å². The van der Waals surface area contributed by atoms with Crippen LogP contribution in [0.15, 0.2) is 30.3 Å². The first-order valence-electron chi connectivity index (χ1n) is 6.75. The van der Waals surface area contributed by atoms with Crippen molar-refractivity contribution >= 4 is 0 Å². The highest BCUT2D eigenvalue weighted by Gasteiger charge is 2.26. The molecule has 1 aliphatic rings. The topological polar surface area (TPSA) is 38.0 Å². The zero-order valence-electron chi connectivity index (χ0n) is 10.8. The molecule has 3 N–H and O–H groups in total. The fourth-order valence-corrected chi connectivity index (χ4v) is 2.68. The molecule has 2 nitrogen and oxygen atoms in total. The summed E-state index contributed by atoms with van der Waals surface area (Å²) in [5.74, 6) is 0. The minimum absolute atomic E-state index is 0.106. The number of hydrogen-bond donors (Lipinski definition) is 2. The molecule has 1 aromatic rings. The highest BCUT2D eigenvalue weighted by atomic mass is 15.0. The summed E-state index contributed by atoms with van der Waals surface area (Å²) in [5, 5.41) is 3.67. The molecular weight excluding hydrogens is 208 g/mol. The van der Waals surface area contributed by atoms with Gasteiger partial charge in [0, 0.05) is 18.1 Å². The van der Waals surface area contributed by atoms with E-state index >= 15 is 0 Å². The van der Waals surface area contributed by atoms with E-state index in [1.807, 2.05) is 6.07 Å². The first-order valence-corrected chi connectivity index (χ1v) is 6.75. The minimum Gasteiger partial charge on any atom is -0.323 e. The van der Waals surface area contributed by atoms with E-state index in [1.54, 1.807) is 0 Å². The molecule has 2 rings (SSSR count). The van der Waals surface area contributed by atoms with Crippen LogP contribution in [0.5, 0.6) is 0 Å². The van der Waals surface area contributed by atoms with Crippen molar-refractivity contribution in [2.24, 2.45) is 5.73 Å². The Balaban J connectivity index is 1.85. The Labute approximate surface area is 105 Å². The van der Waals surface area contributed by atoms with E-state index in [0.717, 1.165) is 6.54 Å². The van der Waals surface area contributed by atoms with Gasteiger partial charge in [-0.05, 0) is 25.3 Å². The van der Waals surface area contributed by atoms with Crippen LogP contribution in [0.25, 0.3) is 0 Å². The summed E-state index contributed by atoms with van der Waals surface area (Å²) >= 11 is 0. The highest BCUT2D eigenvalue weighted by molar-refractivity contribution is 5.18. The second-order valence-corrected chi connectivity index (χ2v) is 5.52. The lowest BCUT2D eigenvalue weighted by atomic mass is 9.83. The molecule has 94 valence electrons. The van der Waals surface area contributed by atoms with Crippen LogP contribution >= 0.6 is 0 Å². The lowest BCUT2D eigenvalue weighted by Crippen LogP contribution is -2.46. The molecule has 2 heteroatoms. The molecule has 1 aromatic carbocycles. The summed E-state index contributed by atoms with van der Waals surface area (Å²) in [7, 11) is 0. The van der Waals surface area contributed by atoms with Gasteiger partial charge in [0.05, 0.1) is 0 Å². The highest BCUT2D eigenvalue weighted by Crippen LogP contribution is 2.27. The van der Waals surface area contributed by atoms with Crippen LogP contribution in [0.4, 0.5) is 0 Å². The largest absolute Gasteiger partial charge is 0.323 e. The van der Waals surface area contributed by atoms with Crippen LogP contribution in [0.3, 0.4) is 0 Å². The van der Waals surface area contributed by atoms with Gasteiger partial charge in [0.25, 0.3) is 0 Å². The predicted molar refractivity (Wildman–Crippen MR) is 72.9 cm³/mol. The maximum atomic E-state index is 6.21. The molecule has 0 heterocycles. The Bertz CT molecular complexity index is 328. The van der Waals surface area contributed by atoms with Crippen molar-refractivity contribution in [2.75, 3.05) is 6.54 Å². The molecule has 1 fully saturated rings. The van der Waals surface area contributed by atoms with Gasteiger partial charge >= 0.3 is 0 Å². The molecule has 1 saturated carbocycles. The molecule has 0 unspecified atom stereocenters. The van der Waals surface area contributed by atoms with Gasteiger partial charge in [0.15, 0.2) is 0 Å². The van der Waals surface area contributed by atoms with Crippen molar-refractivity contribution < 1.29 is 0 Å². The normalized spacial score (nSPS) is 21.1. The molecule has 17 heavy (non-hydrogen) atoms. The maximum Gasteiger partial charge on any atom is 0.0421 e. The Hall–Kier alpha value is -0.860. The zero-order valence-corrected chi connectivity index (χ0v) is 10.8. The Morgan fingerprint density at radius 3 is 2.47 bits per heavy atom. The third-order valence-corrected chi connectivity index (χ3v) is 3.93. The van der Waals surface area contributed by atoms with E-state index in [4.69, 9.17) is 5.73 Å². The van der Waals surface area contributed by atoms with Crippen molar-refractivity contribution in [1.29, 1.82) is 0 Å². The first kappa shape index (κ1) is 12.6. The molecular formula is C15H24N2. The summed E-state index contributed by atoms with van der Waals surface area (Å²) in [6, 6.07) is 10.5. The smallest absolute Gasteiger partial charge is 0.0421 e. The quantitative estimate of drug-likeness (QED) is 0.837. The number of hydrogen-bond acceptors (Lipinski definition) is 2. The number of rotatable bonds is 4. The minimum atomic E-state index is 0.106. The van der Waals surface area contributed by atoms with E-state index in [2.05, 4.69) is 36.5 Å². The summed E-state index contributed by atoms with van der Waals surface area (Å²) in [5.41, 5.74) is 7.74. The average Bonchev–Trinajstić information content (AvgIpc) is 2.38. The SMILES string of the molecule is CC1(NC[C@H](N)c2ccccc2)CCCCC1. The molecule has 1 aliphatic carbocycles. The lowest BCUT2D eigenvalue weighted by molar-refractivity contribution is 0.250. The zero-order chi connectivity index (χ0) is 12.1. The van der Waals surface area contributed by atoms with Crippen LogP contribution in [0, 0.1) is 0 Å². The summed E-state index contributed by atoms with van der Waals surface area (Å²) in [6.45, 7) is 3.21. The Morgan fingerprint density at radius 2 is 1.82 bits per heavy atom. The van der Waals surface area contributed by atoms with Gasteiger partial charge in [-0.3, -0.25) is 0 Å². The number of nitrogens with one attached hydrogen (secondary N) is 1. The summed E-state index contributed by atoms with van der Waals surface area (Å²) in [4.78, 5) is 0. The second kappa shape index (κ2) is 5.65. The van der Waals surface area contributed by atoms with Gasteiger partial charge in [0.1, 0.15) is 0 Å². The molecule has 0 bridgehead atoms. The molecule has 0 spiro atoms. The maximum absolute atomic E-state index is 6.21. The van der Waals surface area contributed by atoms with E-state index in [9.17, 15) is 0 Å². The van der Waals surface area contributed by atoms with Gasteiger partial charge in [-0.1, -0.05) is 49.6 Å². The predicted octanol–water partition coefficient (Wildman–Crippen LogP) is 3.00. The lowest BCUT2D eigenvalue weighted by Gasteiger charge is -2.35. The van der Waals surface area contributed by atoms with Crippen LogP contribution in [0.1, 0.15) is 50.6 Å². The fraction of sp³-hybridized carbons (Fsp3) is 0.600.